The third-order valence-electron chi connectivity index (χ3n) is 7.11. The third-order valence-corrected chi connectivity index (χ3v) is 7.11. The van der Waals surface area contributed by atoms with Gasteiger partial charge in [0.05, 0.1) is 0 Å². The Morgan fingerprint density at radius 1 is 1.17 bits per heavy atom. The first kappa shape index (κ1) is 20.7. The van der Waals surface area contributed by atoms with Crippen molar-refractivity contribution in [2.24, 2.45) is 17.8 Å². The average molecular weight is 404 g/mol. The summed E-state index contributed by atoms with van der Waals surface area (Å²) in [5, 5.41) is 7.29. The molecule has 0 radical (unpaired) electrons. The standard InChI is InChI=1S/C23H37N3O3/c1-15(7-5-6-8-24-21(27)28-22(2,3)4)19-25-20(26-29-19)23-12-16-9-17(13-23)11-18(10-16)14-23/h15-18H,5-14H2,1-4H3,(H,24,27)/t15-,16?,17?,18?,23?/m0/s1. The number of unbranched alkanes of at least 4 members (excludes halogenated alkanes) is 1. The zero-order valence-corrected chi connectivity index (χ0v) is 18.5. The highest BCUT2D eigenvalue weighted by Crippen LogP contribution is 2.60. The Balaban J connectivity index is 1.23. The lowest BCUT2D eigenvalue weighted by Gasteiger charge is -2.55. The van der Waals surface area contributed by atoms with Crippen LogP contribution in [0.3, 0.4) is 0 Å². The van der Waals surface area contributed by atoms with E-state index in [4.69, 9.17) is 14.2 Å². The molecule has 0 aromatic carbocycles. The van der Waals surface area contributed by atoms with Gasteiger partial charge in [-0.05, 0) is 89.9 Å². The van der Waals surface area contributed by atoms with Crippen LogP contribution in [0.1, 0.15) is 103 Å². The minimum atomic E-state index is -0.453. The van der Waals surface area contributed by atoms with Gasteiger partial charge in [-0.15, -0.1) is 0 Å². The summed E-state index contributed by atoms with van der Waals surface area (Å²) in [6, 6.07) is 0. The number of hydrogen-bond acceptors (Lipinski definition) is 5. The number of rotatable bonds is 7. The van der Waals surface area contributed by atoms with Gasteiger partial charge in [0.1, 0.15) is 5.60 Å². The van der Waals surface area contributed by atoms with Gasteiger partial charge in [-0.1, -0.05) is 18.5 Å². The Hall–Kier alpha value is -1.59. The van der Waals surface area contributed by atoms with E-state index in [0.717, 1.165) is 48.7 Å². The first-order chi connectivity index (χ1) is 13.7. The summed E-state index contributed by atoms with van der Waals surface area (Å²) in [4.78, 5) is 16.6. The molecule has 1 heterocycles. The molecule has 4 bridgehead atoms. The van der Waals surface area contributed by atoms with Crippen LogP contribution in [-0.4, -0.2) is 28.4 Å². The van der Waals surface area contributed by atoms with E-state index in [2.05, 4.69) is 17.4 Å². The lowest BCUT2D eigenvalue weighted by molar-refractivity contribution is -0.0103. The van der Waals surface area contributed by atoms with Crippen molar-refractivity contribution in [3.8, 4) is 0 Å². The molecule has 1 aromatic rings. The van der Waals surface area contributed by atoms with E-state index < -0.39 is 5.60 Å². The minimum absolute atomic E-state index is 0.202. The van der Waals surface area contributed by atoms with Crippen LogP contribution in [-0.2, 0) is 10.2 Å². The maximum absolute atomic E-state index is 11.7. The van der Waals surface area contributed by atoms with Gasteiger partial charge in [-0.3, -0.25) is 0 Å². The molecule has 1 amide bonds. The van der Waals surface area contributed by atoms with Crippen LogP contribution in [0.5, 0.6) is 0 Å². The van der Waals surface area contributed by atoms with Gasteiger partial charge in [0, 0.05) is 17.9 Å². The minimum Gasteiger partial charge on any atom is -0.444 e. The Bertz CT molecular complexity index is 686. The zero-order chi connectivity index (χ0) is 20.6. The lowest BCUT2D eigenvalue weighted by atomic mass is 9.49. The molecule has 0 spiro atoms. The maximum atomic E-state index is 11.7. The summed E-state index contributed by atoms with van der Waals surface area (Å²) in [5.41, 5.74) is -0.251. The Morgan fingerprint density at radius 2 is 1.79 bits per heavy atom. The average Bonchev–Trinajstić information content (AvgIpc) is 3.09. The predicted molar refractivity (Wildman–Crippen MR) is 111 cm³/mol. The number of carbonyl (C=O) groups is 1. The van der Waals surface area contributed by atoms with E-state index in [0.29, 0.717) is 6.54 Å². The second kappa shape index (κ2) is 7.92. The van der Waals surface area contributed by atoms with Crippen molar-refractivity contribution in [1.29, 1.82) is 0 Å². The van der Waals surface area contributed by atoms with Crippen LogP contribution in [0.15, 0.2) is 4.52 Å². The van der Waals surface area contributed by atoms with Crippen LogP contribution in [0.2, 0.25) is 0 Å². The molecule has 1 N–H and O–H groups in total. The molecule has 6 nitrogen and oxygen atoms in total. The second-order valence-electron chi connectivity index (χ2n) is 11.0. The maximum Gasteiger partial charge on any atom is 0.407 e. The molecular weight excluding hydrogens is 366 g/mol. The molecular formula is C23H37N3O3. The molecule has 4 aliphatic rings. The zero-order valence-electron chi connectivity index (χ0n) is 18.5. The first-order valence-corrected chi connectivity index (χ1v) is 11.5. The Kier molecular flexibility index (Phi) is 5.64. The molecule has 29 heavy (non-hydrogen) atoms. The summed E-state index contributed by atoms with van der Waals surface area (Å²) >= 11 is 0. The van der Waals surface area contributed by atoms with Gasteiger partial charge in [-0.25, -0.2) is 4.79 Å². The van der Waals surface area contributed by atoms with Crippen molar-refractivity contribution >= 4 is 6.09 Å². The van der Waals surface area contributed by atoms with E-state index in [1.54, 1.807) is 0 Å². The normalized spacial score (nSPS) is 31.7. The summed E-state index contributed by atoms with van der Waals surface area (Å²) in [6.45, 7) is 8.41. The fraction of sp³-hybridized carbons (Fsp3) is 0.870. The van der Waals surface area contributed by atoms with E-state index in [1.165, 1.54) is 38.5 Å². The predicted octanol–water partition coefficient (Wildman–Crippen LogP) is 5.34. The number of hydrogen-bond donors (Lipinski definition) is 1. The number of nitrogens with one attached hydrogen (secondary N) is 1. The van der Waals surface area contributed by atoms with E-state index >= 15 is 0 Å². The van der Waals surface area contributed by atoms with Gasteiger partial charge < -0.3 is 14.6 Å². The number of ether oxygens (including phenoxy) is 1. The van der Waals surface area contributed by atoms with Gasteiger partial charge in [0.2, 0.25) is 5.89 Å². The summed E-state index contributed by atoms with van der Waals surface area (Å²) < 4.78 is 11.0. The molecule has 4 saturated carbocycles. The van der Waals surface area contributed by atoms with Crippen molar-refractivity contribution in [3.63, 3.8) is 0 Å². The molecule has 1 aromatic heterocycles. The number of alkyl carbamates (subject to hydrolysis) is 1. The molecule has 0 aliphatic heterocycles. The molecule has 5 rings (SSSR count). The highest BCUT2D eigenvalue weighted by Gasteiger charge is 2.53. The fourth-order valence-corrected chi connectivity index (χ4v) is 6.24. The van der Waals surface area contributed by atoms with Crippen LogP contribution in [0.25, 0.3) is 0 Å². The summed E-state index contributed by atoms with van der Waals surface area (Å²) in [6.07, 6.45) is 10.6. The third kappa shape index (κ3) is 4.77. The topological polar surface area (TPSA) is 77.2 Å². The van der Waals surface area contributed by atoms with E-state index in [9.17, 15) is 4.79 Å². The smallest absolute Gasteiger partial charge is 0.407 e. The Morgan fingerprint density at radius 3 is 2.38 bits per heavy atom. The van der Waals surface area contributed by atoms with Crippen molar-refractivity contribution in [2.75, 3.05) is 6.54 Å². The quantitative estimate of drug-likeness (QED) is 0.622. The fourth-order valence-electron chi connectivity index (χ4n) is 6.24. The number of aromatic nitrogens is 2. The molecule has 4 aliphatic carbocycles. The van der Waals surface area contributed by atoms with Crippen LogP contribution in [0, 0.1) is 17.8 Å². The van der Waals surface area contributed by atoms with Crippen LogP contribution >= 0.6 is 0 Å². The second-order valence-corrected chi connectivity index (χ2v) is 11.0. The molecule has 6 heteroatoms. The molecule has 4 fully saturated rings. The van der Waals surface area contributed by atoms with Crippen molar-refractivity contribution in [3.05, 3.63) is 11.7 Å². The summed E-state index contributed by atoms with van der Waals surface area (Å²) in [7, 11) is 0. The molecule has 1 atom stereocenters. The number of nitrogens with zero attached hydrogens (tertiary/aromatic N) is 2. The monoisotopic (exact) mass is 403 g/mol. The van der Waals surface area contributed by atoms with Gasteiger partial charge >= 0.3 is 6.09 Å². The highest BCUT2D eigenvalue weighted by molar-refractivity contribution is 5.67. The molecule has 0 saturated heterocycles. The number of carbonyl (C=O) groups excluding carboxylic acids is 1. The largest absolute Gasteiger partial charge is 0.444 e. The van der Waals surface area contributed by atoms with Crippen LogP contribution < -0.4 is 5.32 Å². The number of amides is 1. The molecule has 162 valence electrons. The Labute approximate surface area is 174 Å². The van der Waals surface area contributed by atoms with Gasteiger partial charge in [0.15, 0.2) is 5.82 Å². The highest BCUT2D eigenvalue weighted by atomic mass is 16.6. The molecule has 0 unspecified atom stereocenters. The van der Waals surface area contributed by atoms with Crippen molar-refractivity contribution < 1.29 is 14.1 Å². The first-order valence-electron chi connectivity index (χ1n) is 11.5. The lowest BCUT2D eigenvalue weighted by Crippen LogP contribution is -2.49. The van der Waals surface area contributed by atoms with E-state index in [1.807, 2.05) is 20.8 Å². The van der Waals surface area contributed by atoms with Gasteiger partial charge in [0.25, 0.3) is 0 Å². The SMILES string of the molecule is C[C@@H](CCCCNC(=O)OC(C)(C)C)c1nc(C23CC4CC(CC(C4)C2)C3)no1. The van der Waals surface area contributed by atoms with Gasteiger partial charge in [-0.2, -0.15) is 4.98 Å². The van der Waals surface area contributed by atoms with Crippen molar-refractivity contribution in [2.45, 2.75) is 102 Å². The van der Waals surface area contributed by atoms with Crippen LogP contribution in [0.4, 0.5) is 4.79 Å². The van der Waals surface area contributed by atoms with Crippen molar-refractivity contribution in [1.82, 2.24) is 15.5 Å². The summed E-state index contributed by atoms with van der Waals surface area (Å²) in [5.74, 6) is 4.70. The van der Waals surface area contributed by atoms with E-state index in [-0.39, 0.29) is 17.4 Å².